The molecule has 1 heterocycles. The van der Waals surface area contributed by atoms with Crippen molar-refractivity contribution in [3.8, 4) is 0 Å². The largest absolute Gasteiger partial charge is 0.464 e. The van der Waals surface area contributed by atoms with Gasteiger partial charge in [-0.3, -0.25) is 4.79 Å². The number of carbonyl (C=O) groups is 1. The van der Waals surface area contributed by atoms with E-state index in [4.69, 9.17) is 9.15 Å². The summed E-state index contributed by atoms with van der Waals surface area (Å²) in [5.74, 6) is 2.26. The van der Waals surface area contributed by atoms with Gasteiger partial charge in [0.05, 0.1) is 19.6 Å². The van der Waals surface area contributed by atoms with Gasteiger partial charge in [0, 0.05) is 13.7 Å². The lowest BCUT2D eigenvalue weighted by Crippen LogP contribution is -2.27. The molecule has 0 unspecified atom stereocenters. The molecule has 0 saturated heterocycles. The van der Waals surface area contributed by atoms with Gasteiger partial charge in [0.2, 0.25) is 5.91 Å². The first-order chi connectivity index (χ1) is 8.49. The number of hydrogen-bond acceptors (Lipinski definition) is 3. The molecule has 1 aromatic rings. The minimum atomic E-state index is 0.0767. The van der Waals surface area contributed by atoms with Gasteiger partial charge in [-0.25, -0.2) is 0 Å². The number of hydrogen-bond donors (Lipinski definition) is 0. The molecule has 0 aliphatic rings. The van der Waals surface area contributed by atoms with Gasteiger partial charge in [-0.1, -0.05) is 13.8 Å². The van der Waals surface area contributed by atoms with E-state index in [1.54, 1.807) is 11.9 Å². The van der Waals surface area contributed by atoms with E-state index >= 15 is 0 Å². The Kier molecular flexibility index (Phi) is 5.92. The number of carbonyl (C=O) groups excluding carboxylic acids is 1. The van der Waals surface area contributed by atoms with E-state index in [1.165, 1.54) is 0 Å². The number of ether oxygens (including phenoxy) is 1. The summed E-state index contributed by atoms with van der Waals surface area (Å²) in [6, 6.07) is 3.80. The van der Waals surface area contributed by atoms with Gasteiger partial charge in [-0.15, -0.1) is 0 Å². The van der Waals surface area contributed by atoms with Gasteiger partial charge < -0.3 is 14.1 Å². The van der Waals surface area contributed by atoms with Gasteiger partial charge in [0.25, 0.3) is 0 Å². The number of aryl methyl sites for hydroxylation is 1. The predicted molar refractivity (Wildman–Crippen MR) is 70.2 cm³/mol. The first-order valence-corrected chi connectivity index (χ1v) is 6.36. The normalized spacial score (nSPS) is 10.9. The molecule has 0 bridgehead atoms. The van der Waals surface area contributed by atoms with Crippen molar-refractivity contribution in [1.29, 1.82) is 0 Å². The zero-order chi connectivity index (χ0) is 13.5. The first kappa shape index (κ1) is 14.8. The Morgan fingerprint density at radius 2 is 2.17 bits per heavy atom. The van der Waals surface area contributed by atoms with Crippen LogP contribution in [-0.4, -0.2) is 31.1 Å². The Morgan fingerprint density at radius 3 is 2.72 bits per heavy atom. The number of furan rings is 1. The molecular formula is C14H23NO3. The number of nitrogens with zero attached hydrogens (tertiary/aromatic N) is 1. The summed E-state index contributed by atoms with van der Waals surface area (Å²) in [6.07, 6.45) is 0.420. The van der Waals surface area contributed by atoms with E-state index in [-0.39, 0.29) is 5.91 Å². The third-order valence-corrected chi connectivity index (χ3v) is 2.53. The monoisotopic (exact) mass is 253 g/mol. The predicted octanol–water partition coefficient (Wildman–Crippen LogP) is 2.61. The lowest BCUT2D eigenvalue weighted by Gasteiger charge is -2.16. The standard InChI is InChI=1S/C14H23NO3/c1-11(2)10-17-8-7-14(16)15(4)9-13-6-5-12(3)18-13/h5-6,11H,7-10H2,1-4H3. The topological polar surface area (TPSA) is 42.7 Å². The molecule has 0 aliphatic carbocycles. The molecule has 1 aromatic heterocycles. The minimum Gasteiger partial charge on any atom is -0.464 e. The van der Waals surface area contributed by atoms with Crippen molar-refractivity contribution in [2.24, 2.45) is 5.92 Å². The van der Waals surface area contributed by atoms with Crippen molar-refractivity contribution in [3.63, 3.8) is 0 Å². The van der Waals surface area contributed by atoms with Crippen LogP contribution in [-0.2, 0) is 16.1 Å². The maximum Gasteiger partial charge on any atom is 0.225 e. The highest BCUT2D eigenvalue weighted by Crippen LogP contribution is 2.09. The van der Waals surface area contributed by atoms with E-state index in [9.17, 15) is 4.79 Å². The van der Waals surface area contributed by atoms with Crippen LogP contribution in [0.3, 0.4) is 0 Å². The fraction of sp³-hybridized carbons (Fsp3) is 0.643. The number of rotatable bonds is 7. The van der Waals surface area contributed by atoms with Crippen LogP contribution in [0.25, 0.3) is 0 Å². The molecule has 4 heteroatoms. The molecule has 0 fully saturated rings. The molecule has 0 aromatic carbocycles. The summed E-state index contributed by atoms with van der Waals surface area (Å²) in [5.41, 5.74) is 0. The van der Waals surface area contributed by atoms with Gasteiger partial charge >= 0.3 is 0 Å². The average molecular weight is 253 g/mol. The highest BCUT2D eigenvalue weighted by molar-refractivity contribution is 5.75. The zero-order valence-electron chi connectivity index (χ0n) is 11.7. The Morgan fingerprint density at radius 1 is 1.44 bits per heavy atom. The van der Waals surface area contributed by atoms with Crippen molar-refractivity contribution in [2.75, 3.05) is 20.3 Å². The van der Waals surface area contributed by atoms with Crippen LogP contribution < -0.4 is 0 Å². The zero-order valence-corrected chi connectivity index (χ0v) is 11.7. The Labute approximate surface area is 109 Å². The van der Waals surface area contributed by atoms with Crippen LogP contribution in [0.1, 0.15) is 31.8 Å². The summed E-state index contributed by atoms with van der Waals surface area (Å²) >= 11 is 0. The summed E-state index contributed by atoms with van der Waals surface area (Å²) in [5, 5.41) is 0. The van der Waals surface area contributed by atoms with Gasteiger partial charge in [0.15, 0.2) is 0 Å². The second-order valence-electron chi connectivity index (χ2n) is 4.98. The molecule has 1 amide bonds. The maximum absolute atomic E-state index is 11.8. The lowest BCUT2D eigenvalue weighted by atomic mass is 10.2. The third-order valence-electron chi connectivity index (χ3n) is 2.53. The number of amides is 1. The molecular weight excluding hydrogens is 230 g/mol. The van der Waals surface area contributed by atoms with Crippen LogP contribution in [0.5, 0.6) is 0 Å². The van der Waals surface area contributed by atoms with Crippen molar-refractivity contribution in [3.05, 3.63) is 23.7 Å². The Balaban J connectivity index is 2.24. The first-order valence-electron chi connectivity index (χ1n) is 6.36. The van der Waals surface area contributed by atoms with Crippen LogP contribution >= 0.6 is 0 Å². The highest BCUT2D eigenvalue weighted by atomic mass is 16.5. The minimum absolute atomic E-state index is 0.0767. The van der Waals surface area contributed by atoms with Crippen molar-refractivity contribution in [1.82, 2.24) is 4.90 Å². The third kappa shape index (κ3) is 5.36. The quantitative estimate of drug-likeness (QED) is 0.701. The van der Waals surface area contributed by atoms with Crippen LogP contribution in [0.2, 0.25) is 0 Å². The molecule has 0 atom stereocenters. The molecule has 0 saturated carbocycles. The van der Waals surface area contributed by atoms with Gasteiger partial charge in [-0.2, -0.15) is 0 Å². The van der Waals surface area contributed by atoms with Crippen molar-refractivity contribution >= 4 is 5.91 Å². The van der Waals surface area contributed by atoms with Crippen LogP contribution in [0.15, 0.2) is 16.5 Å². The lowest BCUT2D eigenvalue weighted by molar-refractivity contribution is -0.131. The second kappa shape index (κ2) is 7.21. The maximum atomic E-state index is 11.8. The Bertz CT molecular complexity index is 371. The van der Waals surface area contributed by atoms with Gasteiger partial charge in [0.1, 0.15) is 11.5 Å². The average Bonchev–Trinajstić information content (AvgIpc) is 2.69. The molecule has 0 radical (unpaired) electrons. The SMILES string of the molecule is Cc1ccc(CN(C)C(=O)CCOCC(C)C)o1. The van der Waals surface area contributed by atoms with Crippen molar-refractivity contribution < 1.29 is 13.9 Å². The summed E-state index contributed by atoms with van der Waals surface area (Å²) in [7, 11) is 1.78. The van der Waals surface area contributed by atoms with E-state index in [0.29, 0.717) is 32.1 Å². The van der Waals surface area contributed by atoms with Crippen LogP contribution in [0, 0.1) is 12.8 Å². The van der Waals surface area contributed by atoms with E-state index in [1.807, 2.05) is 19.1 Å². The van der Waals surface area contributed by atoms with E-state index in [2.05, 4.69) is 13.8 Å². The molecule has 4 nitrogen and oxygen atoms in total. The fourth-order valence-electron chi connectivity index (χ4n) is 1.56. The summed E-state index contributed by atoms with van der Waals surface area (Å²) < 4.78 is 10.8. The summed E-state index contributed by atoms with van der Waals surface area (Å²) in [4.78, 5) is 13.5. The van der Waals surface area contributed by atoms with Gasteiger partial charge in [-0.05, 0) is 25.0 Å². The summed E-state index contributed by atoms with van der Waals surface area (Å²) in [6.45, 7) is 7.77. The van der Waals surface area contributed by atoms with Crippen molar-refractivity contribution in [2.45, 2.75) is 33.7 Å². The molecule has 0 N–H and O–H groups in total. The molecule has 102 valence electrons. The smallest absolute Gasteiger partial charge is 0.225 e. The van der Waals surface area contributed by atoms with E-state index < -0.39 is 0 Å². The molecule has 1 rings (SSSR count). The highest BCUT2D eigenvalue weighted by Gasteiger charge is 2.11. The molecule has 0 aliphatic heterocycles. The fourth-order valence-corrected chi connectivity index (χ4v) is 1.56. The Hall–Kier alpha value is -1.29. The molecule has 0 spiro atoms. The molecule has 18 heavy (non-hydrogen) atoms. The second-order valence-corrected chi connectivity index (χ2v) is 4.98. The van der Waals surface area contributed by atoms with E-state index in [0.717, 1.165) is 11.5 Å². The van der Waals surface area contributed by atoms with Crippen LogP contribution in [0.4, 0.5) is 0 Å².